The van der Waals surface area contributed by atoms with E-state index in [1.165, 1.54) is 5.56 Å². The van der Waals surface area contributed by atoms with Gasteiger partial charge in [0, 0.05) is 12.1 Å². The molecule has 0 aromatic heterocycles. The summed E-state index contributed by atoms with van der Waals surface area (Å²) in [6, 6.07) is 8.65. The Bertz CT molecular complexity index is 569. The predicted octanol–water partition coefficient (Wildman–Crippen LogP) is 2.14. The molecule has 0 saturated heterocycles. The molecule has 1 saturated carbocycles. The van der Waals surface area contributed by atoms with E-state index in [0.29, 0.717) is 6.42 Å². The molecular weight excluding hydrogens is 238 g/mol. The third-order valence-electron chi connectivity index (χ3n) is 4.21. The lowest BCUT2D eigenvalue weighted by Gasteiger charge is -2.24. The average Bonchev–Trinajstić information content (AvgIpc) is 3.21. The first-order valence-corrected chi connectivity index (χ1v) is 6.70. The third-order valence-corrected chi connectivity index (χ3v) is 4.21. The van der Waals surface area contributed by atoms with Gasteiger partial charge in [0.25, 0.3) is 0 Å². The third kappa shape index (κ3) is 2.00. The Labute approximate surface area is 112 Å². The Hall–Kier alpha value is -1.86. The molecule has 1 atom stereocenters. The minimum absolute atomic E-state index is 0.0837. The molecule has 0 spiro atoms. The zero-order chi connectivity index (χ0) is 13.5. The number of benzene rings is 1. The maximum absolute atomic E-state index is 11.3. The number of nitriles is 1. The van der Waals surface area contributed by atoms with Crippen molar-refractivity contribution in [2.45, 2.75) is 31.7 Å². The van der Waals surface area contributed by atoms with Crippen LogP contribution in [0.4, 0.5) is 5.69 Å². The summed E-state index contributed by atoms with van der Waals surface area (Å²) >= 11 is 0. The van der Waals surface area contributed by atoms with Crippen molar-refractivity contribution in [3.63, 3.8) is 0 Å². The first-order valence-electron chi connectivity index (χ1n) is 6.70. The lowest BCUT2D eigenvalue weighted by atomic mass is 9.89. The van der Waals surface area contributed by atoms with Gasteiger partial charge < -0.3 is 10.6 Å². The number of fused-ring (bicyclic) bond motifs is 1. The van der Waals surface area contributed by atoms with E-state index in [1.54, 1.807) is 0 Å². The van der Waals surface area contributed by atoms with Crippen LogP contribution >= 0.6 is 0 Å². The quantitative estimate of drug-likeness (QED) is 0.869. The van der Waals surface area contributed by atoms with Gasteiger partial charge in [0.05, 0.1) is 17.5 Å². The molecule has 4 nitrogen and oxygen atoms in total. The maximum atomic E-state index is 11.3. The van der Waals surface area contributed by atoms with E-state index < -0.39 is 0 Å². The van der Waals surface area contributed by atoms with Crippen LogP contribution in [0.2, 0.25) is 0 Å². The van der Waals surface area contributed by atoms with Crippen LogP contribution in [-0.4, -0.2) is 13.0 Å². The summed E-state index contributed by atoms with van der Waals surface area (Å²) in [6.07, 6.45) is 3.25. The molecule has 1 aromatic carbocycles. The Morgan fingerprint density at radius 2 is 2.21 bits per heavy atom. The first-order chi connectivity index (χ1) is 9.18. The van der Waals surface area contributed by atoms with E-state index in [0.717, 1.165) is 30.5 Å². The topological polar surface area (TPSA) is 64.9 Å². The minimum Gasteiger partial charge on any atom is -0.326 e. The summed E-state index contributed by atoms with van der Waals surface area (Å²) in [7, 11) is 1.91. The van der Waals surface area contributed by atoms with Crippen LogP contribution in [-0.2, 0) is 11.2 Å². The van der Waals surface area contributed by atoms with Crippen molar-refractivity contribution in [1.82, 2.24) is 5.32 Å². The molecule has 98 valence electrons. The number of carbonyl (C=O) groups excluding carboxylic acids is 1. The van der Waals surface area contributed by atoms with Crippen molar-refractivity contribution in [3.8, 4) is 6.07 Å². The second kappa shape index (κ2) is 4.36. The molecule has 2 aliphatic rings. The summed E-state index contributed by atoms with van der Waals surface area (Å²) in [4.78, 5) is 11.3. The highest BCUT2D eigenvalue weighted by molar-refractivity contribution is 5.93. The lowest BCUT2D eigenvalue weighted by Crippen LogP contribution is -2.26. The molecule has 1 amide bonds. The molecule has 1 aliphatic heterocycles. The highest BCUT2D eigenvalue weighted by atomic mass is 16.1. The molecule has 2 N–H and O–H groups in total. The van der Waals surface area contributed by atoms with Crippen molar-refractivity contribution in [2.75, 3.05) is 12.4 Å². The number of nitrogens with one attached hydrogen (secondary N) is 2. The SMILES string of the molecule is CNC(c1ccc2c(c1)CCC(=O)N2)C1(C#N)CC1. The van der Waals surface area contributed by atoms with Crippen molar-refractivity contribution >= 4 is 11.6 Å². The van der Waals surface area contributed by atoms with Crippen LogP contribution in [0, 0.1) is 16.7 Å². The molecule has 1 unspecified atom stereocenters. The molecule has 3 rings (SSSR count). The smallest absolute Gasteiger partial charge is 0.224 e. The summed E-state index contributed by atoms with van der Waals surface area (Å²) in [6.45, 7) is 0. The molecule has 1 aliphatic carbocycles. The fraction of sp³-hybridized carbons (Fsp3) is 0.467. The van der Waals surface area contributed by atoms with E-state index in [1.807, 2.05) is 19.2 Å². The van der Waals surface area contributed by atoms with Gasteiger partial charge in [-0.3, -0.25) is 4.79 Å². The highest BCUT2D eigenvalue weighted by Gasteiger charge is 2.50. The van der Waals surface area contributed by atoms with Gasteiger partial charge in [0.2, 0.25) is 5.91 Å². The standard InChI is InChI=1S/C15H17N3O/c1-17-14(15(9-16)6-7-15)11-2-4-12-10(8-11)3-5-13(19)18-12/h2,4,8,14,17H,3,5-7H2,1H3,(H,18,19). The highest BCUT2D eigenvalue weighted by Crippen LogP contribution is 2.54. The van der Waals surface area contributed by atoms with Crippen LogP contribution in [0.3, 0.4) is 0 Å². The Balaban J connectivity index is 1.94. The Morgan fingerprint density at radius 3 is 2.84 bits per heavy atom. The second-order valence-corrected chi connectivity index (χ2v) is 5.45. The number of hydrogen-bond acceptors (Lipinski definition) is 3. The molecule has 0 bridgehead atoms. The fourth-order valence-corrected chi connectivity index (χ4v) is 2.94. The van der Waals surface area contributed by atoms with Crippen LogP contribution in [0.5, 0.6) is 0 Å². The summed E-state index contributed by atoms with van der Waals surface area (Å²) < 4.78 is 0. The predicted molar refractivity (Wildman–Crippen MR) is 72.5 cm³/mol. The van der Waals surface area contributed by atoms with Crippen LogP contribution in [0.15, 0.2) is 18.2 Å². The maximum Gasteiger partial charge on any atom is 0.224 e. The molecule has 0 radical (unpaired) electrons. The largest absolute Gasteiger partial charge is 0.326 e. The molecule has 1 aromatic rings. The van der Waals surface area contributed by atoms with Crippen LogP contribution in [0.1, 0.15) is 36.4 Å². The summed E-state index contributed by atoms with van der Waals surface area (Å²) in [5.41, 5.74) is 3.00. The summed E-state index contributed by atoms with van der Waals surface area (Å²) in [5.74, 6) is 0.0844. The van der Waals surface area contributed by atoms with Gasteiger partial charge in [-0.05, 0) is 43.5 Å². The first kappa shape index (κ1) is 12.2. The fourth-order valence-electron chi connectivity index (χ4n) is 2.94. The number of aryl methyl sites for hydroxylation is 1. The van der Waals surface area contributed by atoms with Gasteiger partial charge in [-0.15, -0.1) is 0 Å². The number of hydrogen-bond donors (Lipinski definition) is 2. The zero-order valence-electron chi connectivity index (χ0n) is 11.0. The molecule has 1 fully saturated rings. The van der Waals surface area contributed by atoms with Crippen LogP contribution < -0.4 is 10.6 Å². The molecule has 19 heavy (non-hydrogen) atoms. The normalized spacial score (nSPS) is 20.9. The Morgan fingerprint density at radius 1 is 1.42 bits per heavy atom. The van der Waals surface area contributed by atoms with Crippen molar-refractivity contribution in [3.05, 3.63) is 29.3 Å². The molecule has 4 heteroatoms. The van der Waals surface area contributed by atoms with Gasteiger partial charge in [0.1, 0.15) is 0 Å². The number of anilines is 1. The zero-order valence-corrected chi connectivity index (χ0v) is 11.0. The van der Waals surface area contributed by atoms with Gasteiger partial charge in [-0.1, -0.05) is 12.1 Å². The van der Waals surface area contributed by atoms with Crippen molar-refractivity contribution in [2.24, 2.45) is 5.41 Å². The number of carbonyl (C=O) groups is 1. The van der Waals surface area contributed by atoms with Gasteiger partial charge >= 0.3 is 0 Å². The van der Waals surface area contributed by atoms with Crippen molar-refractivity contribution < 1.29 is 4.79 Å². The van der Waals surface area contributed by atoms with Gasteiger partial charge in [-0.25, -0.2) is 0 Å². The lowest BCUT2D eigenvalue weighted by molar-refractivity contribution is -0.116. The van der Waals surface area contributed by atoms with E-state index in [-0.39, 0.29) is 17.4 Å². The second-order valence-electron chi connectivity index (χ2n) is 5.45. The number of amides is 1. The number of nitrogens with zero attached hydrogens (tertiary/aromatic N) is 1. The van der Waals surface area contributed by atoms with Crippen LogP contribution in [0.25, 0.3) is 0 Å². The van der Waals surface area contributed by atoms with E-state index in [4.69, 9.17) is 0 Å². The van der Waals surface area contributed by atoms with Crippen molar-refractivity contribution in [1.29, 1.82) is 5.26 Å². The molecule has 1 heterocycles. The monoisotopic (exact) mass is 255 g/mol. The molecular formula is C15H17N3O. The van der Waals surface area contributed by atoms with E-state index in [9.17, 15) is 10.1 Å². The van der Waals surface area contributed by atoms with E-state index in [2.05, 4.69) is 22.8 Å². The van der Waals surface area contributed by atoms with Gasteiger partial charge in [0.15, 0.2) is 0 Å². The summed E-state index contributed by atoms with van der Waals surface area (Å²) in [5, 5.41) is 15.5. The van der Waals surface area contributed by atoms with Gasteiger partial charge in [-0.2, -0.15) is 5.26 Å². The average molecular weight is 255 g/mol. The Kier molecular flexibility index (Phi) is 2.79. The number of rotatable bonds is 3. The minimum atomic E-state index is -0.235. The van der Waals surface area contributed by atoms with E-state index >= 15 is 0 Å².